The van der Waals surface area contributed by atoms with E-state index in [1.165, 1.54) is 18.3 Å². The molecule has 0 aliphatic rings. The molecule has 0 atom stereocenters. The lowest BCUT2D eigenvalue weighted by Gasteiger charge is -2.12. The van der Waals surface area contributed by atoms with Crippen molar-refractivity contribution >= 4 is 49.2 Å². The Hall–Kier alpha value is -3.24. The summed E-state index contributed by atoms with van der Waals surface area (Å²) in [5, 5.41) is 15.5. The minimum atomic E-state index is -4.02. The Morgan fingerprint density at radius 1 is 1.03 bits per heavy atom. The summed E-state index contributed by atoms with van der Waals surface area (Å²) in [6.45, 7) is 3.68. The monoisotopic (exact) mass is 502 g/mol. The number of hydrazone groups is 1. The molecule has 0 unspecified atom stereocenters. The van der Waals surface area contributed by atoms with Crippen molar-refractivity contribution in [1.82, 2.24) is 0 Å². The molecule has 3 rings (SSSR count). The van der Waals surface area contributed by atoms with Gasteiger partial charge in [-0.3, -0.25) is 20.3 Å². The van der Waals surface area contributed by atoms with Crippen molar-refractivity contribution in [2.45, 2.75) is 18.7 Å². The van der Waals surface area contributed by atoms with E-state index in [9.17, 15) is 18.5 Å². The molecule has 3 aromatic carbocycles. The summed E-state index contributed by atoms with van der Waals surface area (Å²) in [5.74, 6) is 0. The van der Waals surface area contributed by atoms with E-state index in [4.69, 9.17) is 0 Å². The second kappa shape index (κ2) is 9.27. The number of sulfonamides is 1. The first-order valence-corrected chi connectivity index (χ1v) is 11.4. The van der Waals surface area contributed by atoms with Crippen LogP contribution in [0.4, 0.5) is 17.1 Å². The normalized spacial score (nSPS) is 11.5. The predicted molar refractivity (Wildman–Crippen MR) is 125 cm³/mol. The molecule has 160 valence electrons. The van der Waals surface area contributed by atoms with E-state index in [-0.39, 0.29) is 10.6 Å². The van der Waals surface area contributed by atoms with Crippen LogP contribution in [-0.4, -0.2) is 19.6 Å². The van der Waals surface area contributed by atoms with E-state index >= 15 is 0 Å². The Bertz CT molecular complexity index is 1280. The predicted octanol–water partition coefficient (Wildman–Crippen LogP) is 5.22. The molecule has 8 nitrogen and oxygen atoms in total. The SMILES string of the molecule is Cc1ccc(NS(=O)(=O)c2ccc(NN=Cc3ccccc3Br)c([N+](=O)[O-])c2)c(C)c1. The zero-order valence-corrected chi connectivity index (χ0v) is 19.1. The Labute approximate surface area is 188 Å². The fourth-order valence-corrected chi connectivity index (χ4v) is 4.34. The van der Waals surface area contributed by atoms with Crippen molar-refractivity contribution in [3.05, 3.63) is 91.9 Å². The van der Waals surface area contributed by atoms with Crippen LogP contribution in [0.1, 0.15) is 16.7 Å². The van der Waals surface area contributed by atoms with E-state index in [0.29, 0.717) is 5.69 Å². The van der Waals surface area contributed by atoms with Crippen molar-refractivity contribution in [2.24, 2.45) is 5.10 Å². The van der Waals surface area contributed by atoms with E-state index < -0.39 is 20.6 Å². The van der Waals surface area contributed by atoms with Crippen molar-refractivity contribution in [3.8, 4) is 0 Å². The third-order valence-electron chi connectivity index (χ3n) is 4.40. The average Bonchev–Trinajstić information content (AvgIpc) is 2.71. The molecule has 0 aliphatic carbocycles. The number of hydrogen-bond donors (Lipinski definition) is 2. The number of hydrogen-bond acceptors (Lipinski definition) is 6. The molecular weight excluding hydrogens is 484 g/mol. The van der Waals surface area contributed by atoms with Gasteiger partial charge in [-0.05, 0) is 43.7 Å². The maximum absolute atomic E-state index is 12.8. The van der Waals surface area contributed by atoms with Gasteiger partial charge in [-0.2, -0.15) is 5.10 Å². The number of rotatable bonds is 7. The quantitative estimate of drug-likeness (QED) is 0.261. The number of nitrogens with one attached hydrogen (secondary N) is 2. The second-order valence-electron chi connectivity index (χ2n) is 6.75. The zero-order chi connectivity index (χ0) is 22.6. The maximum atomic E-state index is 12.8. The van der Waals surface area contributed by atoms with Gasteiger partial charge in [0.1, 0.15) is 5.69 Å². The summed E-state index contributed by atoms with van der Waals surface area (Å²) in [6.07, 6.45) is 1.50. The summed E-state index contributed by atoms with van der Waals surface area (Å²) in [5.41, 5.74) is 5.19. The lowest BCUT2D eigenvalue weighted by molar-refractivity contribution is -0.384. The molecule has 0 aliphatic heterocycles. The largest absolute Gasteiger partial charge is 0.295 e. The van der Waals surface area contributed by atoms with Crippen LogP contribution in [0.2, 0.25) is 0 Å². The zero-order valence-electron chi connectivity index (χ0n) is 16.7. The molecule has 0 saturated carbocycles. The average molecular weight is 503 g/mol. The number of halogens is 1. The molecular formula is C21H19BrN4O4S. The number of nitro benzene ring substituents is 1. The Kier molecular flexibility index (Phi) is 6.71. The van der Waals surface area contributed by atoms with Gasteiger partial charge >= 0.3 is 0 Å². The Morgan fingerprint density at radius 2 is 1.74 bits per heavy atom. The third kappa shape index (κ3) is 5.47. The summed E-state index contributed by atoms with van der Waals surface area (Å²) in [4.78, 5) is 10.6. The van der Waals surface area contributed by atoms with Crippen LogP contribution in [0.25, 0.3) is 0 Å². The molecule has 2 N–H and O–H groups in total. The lowest BCUT2D eigenvalue weighted by Crippen LogP contribution is -2.14. The van der Waals surface area contributed by atoms with Gasteiger partial charge in [-0.15, -0.1) is 0 Å². The minimum absolute atomic E-state index is 0.0683. The van der Waals surface area contributed by atoms with Gasteiger partial charge in [0, 0.05) is 16.1 Å². The van der Waals surface area contributed by atoms with Crippen LogP contribution < -0.4 is 10.1 Å². The minimum Gasteiger partial charge on any atom is -0.279 e. The van der Waals surface area contributed by atoms with Gasteiger partial charge in [0.2, 0.25) is 0 Å². The second-order valence-corrected chi connectivity index (χ2v) is 9.29. The summed E-state index contributed by atoms with van der Waals surface area (Å²) >= 11 is 3.39. The van der Waals surface area contributed by atoms with E-state index in [1.54, 1.807) is 19.1 Å². The Balaban J connectivity index is 1.87. The van der Waals surface area contributed by atoms with E-state index in [0.717, 1.165) is 27.2 Å². The number of nitro groups is 1. The van der Waals surface area contributed by atoms with Crippen LogP contribution in [0, 0.1) is 24.0 Å². The van der Waals surface area contributed by atoms with Crippen molar-refractivity contribution < 1.29 is 13.3 Å². The highest BCUT2D eigenvalue weighted by molar-refractivity contribution is 9.10. The van der Waals surface area contributed by atoms with Gasteiger partial charge in [-0.25, -0.2) is 8.42 Å². The fourth-order valence-electron chi connectivity index (χ4n) is 2.81. The Morgan fingerprint density at radius 3 is 2.42 bits per heavy atom. The van der Waals surface area contributed by atoms with Crippen LogP contribution in [-0.2, 0) is 10.0 Å². The fraction of sp³-hybridized carbons (Fsp3) is 0.0952. The van der Waals surface area contributed by atoms with E-state index in [2.05, 4.69) is 31.2 Å². The highest BCUT2D eigenvalue weighted by Crippen LogP contribution is 2.29. The lowest BCUT2D eigenvalue weighted by atomic mass is 10.1. The molecule has 0 heterocycles. The standard InChI is InChI=1S/C21H19BrN4O4S/c1-14-7-9-19(15(2)11-14)25-31(29,30)17-8-10-20(21(12-17)26(27)28)24-23-13-16-5-3-4-6-18(16)22/h3-13,24-25H,1-2H3. The first-order valence-electron chi connectivity index (χ1n) is 9.09. The molecule has 3 aromatic rings. The van der Waals surface area contributed by atoms with Gasteiger partial charge < -0.3 is 0 Å². The molecule has 0 amide bonds. The van der Waals surface area contributed by atoms with Gasteiger partial charge in [0.05, 0.1) is 21.7 Å². The third-order valence-corrected chi connectivity index (χ3v) is 6.48. The number of aryl methyl sites for hydroxylation is 2. The maximum Gasteiger partial charge on any atom is 0.295 e. The van der Waals surface area contributed by atoms with Gasteiger partial charge in [0.15, 0.2) is 0 Å². The van der Waals surface area contributed by atoms with Crippen LogP contribution >= 0.6 is 15.9 Å². The molecule has 31 heavy (non-hydrogen) atoms. The van der Waals surface area contributed by atoms with Gasteiger partial charge in [-0.1, -0.05) is 51.8 Å². The van der Waals surface area contributed by atoms with E-state index in [1.807, 2.05) is 37.3 Å². The van der Waals surface area contributed by atoms with Gasteiger partial charge in [0.25, 0.3) is 15.7 Å². The molecule has 0 saturated heterocycles. The molecule has 0 aromatic heterocycles. The molecule has 10 heteroatoms. The number of benzene rings is 3. The molecule has 0 fully saturated rings. The first-order chi connectivity index (χ1) is 14.7. The van der Waals surface area contributed by atoms with Crippen LogP contribution in [0.15, 0.2) is 75.1 Å². The summed E-state index contributed by atoms with van der Waals surface area (Å²) < 4.78 is 28.8. The smallest absolute Gasteiger partial charge is 0.279 e. The highest BCUT2D eigenvalue weighted by Gasteiger charge is 2.22. The van der Waals surface area contributed by atoms with Crippen molar-refractivity contribution in [2.75, 3.05) is 10.1 Å². The van der Waals surface area contributed by atoms with Crippen LogP contribution in [0.3, 0.4) is 0 Å². The first kappa shape index (κ1) is 22.4. The topological polar surface area (TPSA) is 114 Å². The molecule has 0 spiro atoms. The highest BCUT2D eigenvalue weighted by atomic mass is 79.9. The summed E-state index contributed by atoms with van der Waals surface area (Å²) in [6, 6.07) is 16.2. The van der Waals surface area contributed by atoms with Crippen molar-refractivity contribution in [3.63, 3.8) is 0 Å². The molecule has 0 bridgehead atoms. The molecule has 0 radical (unpaired) electrons. The van der Waals surface area contributed by atoms with Crippen LogP contribution in [0.5, 0.6) is 0 Å². The van der Waals surface area contributed by atoms with Crippen molar-refractivity contribution in [1.29, 1.82) is 0 Å². The number of anilines is 2. The number of nitrogens with zero attached hydrogens (tertiary/aromatic N) is 2. The summed E-state index contributed by atoms with van der Waals surface area (Å²) in [7, 11) is -4.02.